The average molecular weight is 240 g/mol. The fourth-order valence-electron chi connectivity index (χ4n) is 0.992. The van der Waals surface area contributed by atoms with Gasteiger partial charge in [0, 0.05) is 6.20 Å². The zero-order valence-corrected chi connectivity index (χ0v) is 8.74. The summed E-state index contributed by atoms with van der Waals surface area (Å²) < 4.78 is 1.32. The summed E-state index contributed by atoms with van der Waals surface area (Å²) in [7, 11) is 0. The molecule has 2 aromatic rings. The first-order valence-corrected chi connectivity index (χ1v) is 4.59. The smallest absolute Gasteiger partial charge is 0.234 e. The Bertz CT molecular complexity index is 542. The van der Waals surface area contributed by atoms with Crippen molar-refractivity contribution in [2.24, 2.45) is 0 Å². The minimum absolute atomic E-state index is 0.0582. The largest absolute Gasteiger partial charge is 0.252 e. The molecule has 0 unspecified atom stereocenters. The van der Waals surface area contributed by atoms with Gasteiger partial charge in [0.25, 0.3) is 5.82 Å². The van der Waals surface area contributed by atoms with Crippen LogP contribution in [0.1, 0.15) is 5.82 Å². The van der Waals surface area contributed by atoms with Crippen molar-refractivity contribution in [2.75, 3.05) is 0 Å². The lowest BCUT2D eigenvalue weighted by molar-refractivity contribution is 0.840. The molecule has 0 amide bonds. The van der Waals surface area contributed by atoms with E-state index in [2.05, 4.69) is 15.1 Å². The lowest BCUT2D eigenvalue weighted by Gasteiger charge is -2.01. The molecule has 0 fully saturated rings. The second kappa shape index (κ2) is 3.85. The third kappa shape index (κ3) is 1.91. The molecule has 0 radical (unpaired) electrons. The molecule has 15 heavy (non-hydrogen) atoms. The fraction of sp³-hybridized carbons (Fsp3) is 0. The van der Waals surface area contributed by atoms with Crippen LogP contribution in [0, 0.1) is 11.3 Å². The van der Waals surface area contributed by atoms with Crippen LogP contribution in [-0.4, -0.2) is 19.7 Å². The van der Waals surface area contributed by atoms with E-state index in [1.54, 1.807) is 6.07 Å². The second-order valence-electron chi connectivity index (χ2n) is 2.58. The summed E-state index contributed by atoms with van der Waals surface area (Å²) in [5, 5.41) is 13.2. The first-order chi connectivity index (χ1) is 7.20. The summed E-state index contributed by atoms with van der Waals surface area (Å²) in [6.45, 7) is 0. The highest BCUT2D eigenvalue weighted by Gasteiger charge is 2.07. The van der Waals surface area contributed by atoms with Gasteiger partial charge < -0.3 is 0 Å². The molecular weight excluding hydrogens is 237 g/mol. The van der Waals surface area contributed by atoms with Crippen LogP contribution in [0.2, 0.25) is 10.0 Å². The Balaban J connectivity index is 2.50. The minimum Gasteiger partial charge on any atom is -0.234 e. The molecule has 0 N–H and O–H groups in total. The summed E-state index contributed by atoms with van der Waals surface area (Å²) >= 11 is 11.6. The van der Waals surface area contributed by atoms with E-state index in [-0.39, 0.29) is 5.82 Å². The van der Waals surface area contributed by atoms with E-state index in [0.29, 0.717) is 15.9 Å². The van der Waals surface area contributed by atoms with E-state index >= 15 is 0 Å². The van der Waals surface area contributed by atoms with Crippen LogP contribution in [0.3, 0.4) is 0 Å². The molecule has 0 spiro atoms. The monoisotopic (exact) mass is 239 g/mol. The lowest BCUT2D eigenvalue weighted by Crippen LogP contribution is -1.99. The van der Waals surface area contributed by atoms with Gasteiger partial charge >= 0.3 is 0 Å². The lowest BCUT2D eigenvalue weighted by atomic mass is 10.4. The Morgan fingerprint density at radius 3 is 2.73 bits per heavy atom. The summed E-state index contributed by atoms with van der Waals surface area (Å²) in [6, 6.07) is 3.35. The molecule has 0 aliphatic carbocycles. The Kier molecular flexibility index (Phi) is 2.54. The van der Waals surface area contributed by atoms with Crippen molar-refractivity contribution in [2.45, 2.75) is 0 Å². The van der Waals surface area contributed by atoms with Gasteiger partial charge in [0.2, 0.25) is 0 Å². The Morgan fingerprint density at radius 2 is 2.13 bits per heavy atom. The maximum absolute atomic E-state index is 8.55. The van der Waals surface area contributed by atoms with Gasteiger partial charge in [0.1, 0.15) is 12.4 Å². The topological polar surface area (TPSA) is 67.4 Å². The Hall–Kier alpha value is -1.64. The molecule has 0 aliphatic heterocycles. The molecule has 5 nitrogen and oxygen atoms in total. The molecule has 0 saturated carbocycles. The molecule has 0 atom stereocenters. The van der Waals surface area contributed by atoms with Crippen molar-refractivity contribution < 1.29 is 0 Å². The number of nitriles is 1. The third-order valence-corrected chi connectivity index (χ3v) is 2.08. The van der Waals surface area contributed by atoms with Gasteiger partial charge in [0.15, 0.2) is 5.82 Å². The first-order valence-electron chi connectivity index (χ1n) is 3.84. The predicted octanol–water partition coefficient (Wildman–Crippen LogP) is 1.84. The van der Waals surface area contributed by atoms with Crippen molar-refractivity contribution >= 4 is 23.2 Å². The fourth-order valence-corrected chi connectivity index (χ4v) is 1.46. The zero-order chi connectivity index (χ0) is 10.8. The predicted molar refractivity (Wildman–Crippen MR) is 53.9 cm³/mol. The molecule has 7 heteroatoms. The summed E-state index contributed by atoms with van der Waals surface area (Å²) in [5.74, 6) is 0.442. The van der Waals surface area contributed by atoms with Gasteiger partial charge in [-0.25, -0.2) is 9.97 Å². The number of hydrogen-bond donors (Lipinski definition) is 0. The molecule has 0 bridgehead atoms. The highest BCUT2D eigenvalue weighted by atomic mass is 35.5. The number of halogens is 2. The van der Waals surface area contributed by atoms with Gasteiger partial charge in [-0.2, -0.15) is 9.94 Å². The summed E-state index contributed by atoms with van der Waals surface area (Å²) in [5.41, 5.74) is 0. The molecule has 2 aromatic heterocycles. The van der Waals surface area contributed by atoms with E-state index in [1.165, 1.54) is 17.2 Å². The van der Waals surface area contributed by atoms with Crippen molar-refractivity contribution in [3.63, 3.8) is 0 Å². The van der Waals surface area contributed by atoms with Crippen LogP contribution in [0.5, 0.6) is 0 Å². The molecular formula is C8H3Cl2N5. The van der Waals surface area contributed by atoms with Crippen molar-refractivity contribution in [3.05, 3.63) is 34.5 Å². The number of hydrogen-bond acceptors (Lipinski definition) is 4. The van der Waals surface area contributed by atoms with E-state index < -0.39 is 0 Å². The quantitative estimate of drug-likeness (QED) is 0.762. The zero-order valence-electron chi connectivity index (χ0n) is 7.22. The average Bonchev–Trinajstić information content (AvgIpc) is 2.66. The van der Waals surface area contributed by atoms with Crippen molar-refractivity contribution in [1.29, 1.82) is 5.26 Å². The van der Waals surface area contributed by atoms with E-state index in [0.717, 1.165) is 0 Å². The Morgan fingerprint density at radius 1 is 1.33 bits per heavy atom. The van der Waals surface area contributed by atoms with E-state index in [1.807, 2.05) is 6.07 Å². The minimum atomic E-state index is 0.0582. The molecule has 2 heterocycles. The highest BCUT2D eigenvalue weighted by molar-refractivity contribution is 6.35. The van der Waals surface area contributed by atoms with Crippen LogP contribution >= 0.6 is 23.2 Å². The SMILES string of the molecule is N#Cc1ncn(-c2ncc(Cl)cc2Cl)n1. The van der Waals surface area contributed by atoms with Crippen LogP contribution in [0.4, 0.5) is 0 Å². The normalized spacial score (nSPS) is 9.93. The van der Waals surface area contributed by atoms with Gasteiger partial charge in [-0.3, -0.25) is 0 Å². The Labute approximate surface area is 94.9 Å². The number of nitrogens with zero attached hydrogens (tertiary/aromatic N) is 5. The highest BCUT2D eigenvalue weighted by Crippen LogP contribution is 2.20. The van der Waals surface area contributed by atoms with Gasteiger partial charge in [-0.1, -0.05) is 23.2 Å². The molecule has 2 rings (SSSR count). The standard InChI is InChI=1S/C8H3Cl2N5/c9-5-1-6(10)8(12-3-5)15-4-13-7(2-11)14-15/h1,3-4H. The van der Waals surface area contributed by atoms with Crippen LogP contribution in [0.25, 0.3) is 5.82 Å². The van der Waals surface area contributed by atoms with Crippen LogP contribution < -0.4 is 0 Å². The van der Waals surface area contributed by atoms with Gasteiger partial charge in [0.05, 0.1) is 10.0 Å². The maximum Gasteiger partial charge on any atom is 0.252 e. The van der Waals surface area contributed by atoms with Crippen molar-refractivity contribution in [3.8, 4) is 11.9 Å². The molecule has 0 saturated heterocycles. The van der Waals surface area contributed by atoms with Gasteiger partial charge in [-0.05, 0) is 6.07 Å². The van der Waals surface area contributed by atoms with E-state index in [9.17, 15) is 0 Å². The molecule has 0 aliphatic rings. The van der Waals surface area contributed by atoms with Crippen LogP contribution in [-0.2, 0) is 0 Å². The second-order valence-corrected chi connectivity index (χ2v) is 3.43. The number of aromatic nitrogens is 4. The summed E-state index contributed by atoms with van der Waals surface area (Å²) in [6.07, 6.45) is 2.80. The van der Waals surface area contributed by atoms with Crippen molar-refractivity contribution in [1.82, 2.24) is 19.7 Å². The first kappa shape index (κ1) is 9.90. The third-order valence-electron chi connectivity index (χ3n) is 1.60. The van der Waals surface area contributed by atoms with Crippen LogP contribution in [0.15, 0.2) is 18.6 Å². The number of pyridine rings is 1. The maximum atomic E-state index is 8.55. The van der Waals surface area contributed by atoms with Gasteiger partial charge in [-0.15, -0.1) is 5.10 Å². The molecule has 0 aromatic carbocycles. The van der Waals surface area contributed by atoms with E-state index in [4.69, 9.17) is 28.5 Å². The molecule has 74 valence electrons. The number of rotatable bonds is 1. The summed E-state index contributed by atoms with van der Waals surface area (Å²) in [4.78, 5) is 7.72.